The minimum Gasteiger partial charge on any atom is -0.302 e. The van der Waals surface area contributed by atoms with Crippen LogP contribution < -0.4 is 0 Å². The minimum absolute atomic E-state index is 0.0266. The van der Waals surface area contributed by atoms with E-state index in [0.29, 0.717) is 17.7 Å². The number of hydrogen-bond acceptors (Lipinski definition) is 3. The van der Waals surface area contributed by atoms with Crippen molar-refractivity contribution in [2.24, 2.45) is 0 Å². The third-order valence-corrected chi connectivity index (χ3v) is 1.80. The first kappa shape index (κ1) is 10.6. The van der Waals surface area contributed by atoms with Crippen LogP contribution in [0.3, 0.4) is 0 Å². The van der Waals surface area contributed by atoms with Gasteiger partial charge in [0, 0.05) is 11.1 Å². The zero-order valence-corrected chi connectivity index (χ0v) is 8.36. The Bertz CT molecular complexity index is 345. The van der Waals surface area contributed by atoms with Crippen LogP contribution in [0.4, 0.5) is 0 Å². The van der Waals surface area contributed by atoms with Crippen molar-refractivity contribution in [3.63, 3.8) is 0 Å². The molecule has 0 N–H and O–H groups in total. The molecule has 3 heteroatoms. The first-order valence-electron chi connectivity index (χ1n) is 4.36. The van der Waals surface area contributed by atoms with Gasteiger partial charge in [-0.2, -0.15) is 0 Å². The van der Waals surface area contributed by atoms with Crippen LogP contribution >= 0.6 is 0 Å². The van der Waals surface area contributed by atoms with E-state index >= 15 is 0 Å². The summed E-state index contributed by atoms with van der Waals surface area (Å²) in [5.41, 5.74) is 1.12. The molecule has 1 aromatic rings. The highest BCUT2D eigenvalue weighted by Gasteiger charge is 2.06. The Hall–Kier alpha value is -1.48. The summed E-state index contributed by atoms with van der Waals surface area (Å²) in [6.07, 6.45) is 0.742. The Morgan fingerprint density at radius 2 is 2.14 bits per heavy atom. The Morgan fingerprint density at radius 1 is 1.43 bits per heavy atom. The van der Waals surface area contributed by atoms with Gasteiger partial charge in [0.2, 0.25) is 0 Å². The van der Waals surface area contributed by atoms with Crippen molar-refractivity contribution in [3.05, 3.63) is 35.4 Å². The lowest BCUT2D eigenvalue weighted by molar-refractivity contribution is 0.0958. The van der Waals surface area contributed by atoms with E-state index in [9.17, 15) is 9.59 Å². The summed E-state index contributed by atoms with van der Waals surface area (Å²) >= 11 is 0. The summed E-state index contributed by atoms with van der Waals surface area (Å²) in [7, 11) is 3.67. The fourth-order valence-electron chi connectivity index (χ4n) is 1.16. The highest BCUT2D eigenvalue weighted by molar-refractivity contribution is 5.98. The van der Waals surface area contributed by atoms with Crippen LogP contribution in [0.2, 0.25) is 0 Å². The van der Waals surface area contributed by atoms with Crippen molar-refractivity contribution in [1.82, 2.24) is 4.90 Å². The lowest BCUT2D eigenvalue weighted by Gasteiger charge is -2.08. The number of rotatable bonds is 4. The van der Waals surface area contributed by atoms with E-state index in [-0.39, 0.29) is 5.78 Å². The van der Waals surface area contributed by atoms with Crippen molar-refractivity contribution < 1.29 is 9.59 Å². The van der Waals surface area contributed by atoms with Gasteiger partial charge in [0.15, 0.2) is 5.78 Å². The number of Topliss-reactive ketones (excluding diaryl/α,β-unsaturated/α-hetero) is 1. The fourth-order valence-corrected chi connectivity index (χ4v) is 1.16. The molecule has 0 aliphatic carbocycles. The molecule has 1 rings (SSSR count). The van der Waals surface area contributed by atoms with E-state index in [1.807, 2.05) is 14.1 Å². The van der Waals surface area contributed by atoms with Crippen molar-refractivity contribution in [1.29, 1.82) is 0 Å². The van der Waals surface area contributed by atoms with E-state index < -0.39 is 0 Å². The number of ketones is 1. The Kier molecular flexibility index (Phi) is 3.54. The van der Waals surface area contributed by atoms with Crippen LogP contribution in [0.25, 0.3) is 0 Å². The standard InChI is InChI=1S/C11H13NO2/c1-12(2)7-11(14)10-5-3-4-9(6-10)8-13/h3-6,8H,7H2,1-2H3. The molecule has 0 atom stereocenters. The number of aldehydes is 1. The second-order valence-corrected chi connectivity index (χ2v) is 3.40. The van der Waals surface area contributed by atoms with E-state index in [2.05, 4.69) is 0 Å². The Balaban J connectivity index is 2.84. The van der Waals surface area contributed by atoms with Gasteiger partial charge in [-0.1, -0.05) is 18.2 Å². The van der Waals surface area contributed by atoms with Gasteiger partial charge in [-0.15, -0.1) is 0 Å². The van der Waals surface area contributed by atoms with Crippen molar-refractivity contribution >= 4 is 12.1 Å². The molecule has 74 valence electrons. The predicted molar refractivity (Wildman–Crippen MR) is 54.7 cm³/mol. The number of likely N-dealkylation sites (N-methyl/N-ethyl adjacent to an activating group) is 1. The maximum atomic E-state index is 11.6. The van der Waals surface area contributed by atoms with Gasteiger partial charge in [0.1, 0.15) is 6.29 Å². The Morgan fingerprint density at radius 3 is 2.71 bits per heavy atom. The predicted octanol–water partition coefficient (Wildman–Crippen LogP) is 1.24. The van der Waals surface area contributed by atoms with E-state index in [1.165, 1.54) is 0 Å². The molecule has 3 nitrogen and oxygen atoms in total. The van der Waals surface area contributed by atoms with Crippen LogP contribution in [0, 0.1) is 0 Å². The molecule has 14 heavy (non-hydrogen) atoms. The molecule has 1 aromatic carbocycles. The lowest BCUT2D eigenvalue weighted by atomic mass is 10.1. The number of nitrogens with zero attached hydrogens (tertiary/aromatic N) is 1. The summed E-state index contributed by atoms with van der Waals surface area (Å²) in [5, 5.41) is 0. The maximum absolute atomic E-state index is 11.6. The Labute approximate surface area is 83.3 Å². The van der Waals surface area contributed by atoms with E-state index in [4.69, 9.17) is 0 Å². The number of benzene rings is 1. The molecule has 0 unspecified atom stereocenters. The molecular formula is C11H13NO2. The molecule has 0 bridgehead atoms. The summed E-state index contributed by atoms with van der Waals surface area (Å²) in [6.45, 7) is 0.363. The third-order valence-electron chi connectivity index (χ3n) is 1.80. The molecular weight excluding hydrogens is 178 g/mol. The summed E-state index contributed by atoms with van der Waals surface area (Å²) in [6, 6.07) is 6.73. The average Bonchev–Trinajstić information content (AvgIpc) is 2.17. The van der Waals surface area contributed by atoms with Crippen molar-refractivity contribution in [2.45, 2.75) is 0 Å². The van der Waals surface area contributed by atoms with Gasteiger partial charge in [0.05, 0.1) is 6.54 Å². The summed E-state index contributed by atoms with van der Waals surface area (Å²) < 4.78 is 0. The second-order valence-electron chi connectivity index (χ2n) is 3.40. The molecule has 0 aliphatic heterocycles. The summed E-state index contributed by atoms with van der Waals surface area (Å²) in [5.74, 6) is 0.0266. The average molecular weight is 191 g/mol. The van der Waals surface area contributed by atoms with Crippen LogP contribution in [0.15, 0.2) is 24.3 Å². The molecule has 0 aromatic heterocycles. The molecule has 0 heterocycles. The lowest BCUT2D eigenvalue weighted by Crippen LogP contribution is -2.21. The van der Waals surface area contributed by atoms with Crippen LogP contribution in [-0.4, -0.2) is 37.6 Å². The van der Waals surface area contributed by atoms with Crippen LogP contribution in [0.5, 0.6) is 0 Å². The van der Waals surface area contributed by atoms with Gasteiger partial charge in [-0.25, -0.2) is 0 Å². The summed E-state index contributed by atoms with van der Waals surface area (Å²) in [4.78, 5) is 23.8. The number of carbonyl (C=O) groups excluding carboxylic acids is 2. The van der Waals surface area contributed by atoms with Gasteiger partial charge in [-0.3, -0.25) is 9.59 Å². The number of hydrogen-bond donors (Lipinski definition) is 0. The highest BCUT2D eigenvalue weighted by Crippen LogP contribution is 2.04. The normalized spacial score (nSPS) is 10.2. The van der Waals surface area contributed by atoms with Gasteiger partial charge in [0.25, 0.3) is 0 Å². The minimum atomic E-state index is 0.0266. The first-order valence-corrected chi connectivity index (χ1v) is 4.36. The van der Waals surface area contributed by atoms with Gasteiger partial charge < -0.3 is 4.90 Å². The van der Waals surface area contributed by atoms with Crippen molar-refractivity contribution in [2.75, 3.05) is 20.6 Å². The zero-order valence-electron chi connectivity index (χ0n) is 8.36. The van der Waals surface area contributed by atoms with Crippen LogP contribution in [-0.2, 0) is 0 Å². The highest BCUT2D eigenvalue weighted by atomic mass is 16.1. The van der Waals surface area contributed by atoms with E-state index in [0.717, 1.165) is 6.29 Å². The SMILES string of the molecule is CN(C)CC(=O)c1cccc(C=O)c1. The smallest absolute Gasteiger partial charge is 0.176 e. The third kappa shape index (κ3) is 2.78. The topological polar surface area (TPSA) is 37.4 Å². The molecule has 0 radical (unpaired) electrons. The molecule has 0 aliphatic rings. The van der Waals surface area contributed by atoms with Gasteiger partial charge >= 0.3 is 0 Å². The zero-order chi connectivity index (χ0) is 10.6. The fraction of sp³-hybridized carbons (Fsp3) is 0.273. The second kappa shape index (κ2) is 4.67. The van der Waals surface area contributed by atoms with Crippen LogP contribution in [0.1, 0.15) is 20.7 Å². The van der Waals surface area contributed by atoms with E-state index in [1.54, 1.807) is 29.2 Å². The van der Waals surface area contributed by atoms with Crippen molar-refractivity contribution in [3.8, 4) is 0 Å². The maximum Gasteiger partial charge on any atom is 0.176 e. The molecule has 0 saturated heterocycles. The molecule has 0 saturated carbocycles. The number of carbonyl (C=O) groups is 2. The molecule has 0 spiro atoms. The quantitative estimate of drug-likeness (QED) is 0.531. The first-order chi connectivity index (χ1) is 6.63. The molecule has 0 amide bonds. The largest absolute Gasteiger partial charge is 0.302 e. The van der Waals surface area contributed by atoms with Gasteiger partial charge in [-0.05, 0) is 20.2 Å². The molecule has 0 fully saturated rings. The monoisotopic (exact) mass is 191 g/mol.